The van der Waals surface area contributed by atoms with Gasteiger partial charge in [0.25, 0.3) is 5.91 Å². The largest absolute Gasteiger partial charge is 0.496 e. The smallest absolute Gasteiger partial charge is 0.274 e. The lowest BCUT2D eigenvalue weighted by molar-refractivity contribution is 0.0820. The second-order valence-electron chi connectivity index (χ2n) is 7.40. The van der Waals surface area contributed by atoms with Gasteiger partial charge in [-0.3, -0.25) is 9.48 Å². The maximum atomic E-state index is 12.6. The molecule has 1 aliphatic carbocycles. The number of ether oxygens (including phenoxy) is 1. The van der Waals surface area contributed by atoms with Gasteiger partial charge < -0.3 is 15.0 Å². The number of allylic oxidation sites excluding steroid dienone is 1. The van der Waals surface area contributed by atoms with Gasteiger partial charge in [-0.15, -0.1) is 6.58 Å². The van der Waals surface area contributed by atoms with Crippen molar-refractivity contribution in [1.29, 1.82) is 0 Å². The average Bonchev–Trinajstić information content (AvgIpc) is 3.05. The zero-order chi connectivity index (χ0) is 20.1. The van der Waals surface area contributed by atoms with Crippen molar-refractivity contribution in [3.63, 3.8) is 0 Å². The number of para-hydroxylation sites is 1. The van der Waals surface area contributed by atoms with Crippen LogP contribution in [0.3, 0.4) is 0 Å². The number of carbonyl (C=O) groups is 1. The number of aromatic nitrogens is 2. The number of rotatable bonds is 8. The van der Waals surface area contributed by atoms with Crippen molar-refractivity contribution in [2.75, 3.05) is 27.7 Å². The molecule has 3 rings (SSSR count). The van der Waals surface area contributed by atoms with Crippen molar-refractivity contribution < 1.29 is 9.53 Å². The Kier molecular flexibility index (Phi) is 6.52. The summed E-state index contributed by atoms with van der Waals surface area (Å²) in [7, 11) is 5.25. The highest BCUT2D eigenvalue weighted by Crippen LogP contribution is 2.26. The summed E-state index contributed by atoms with van der Waals surface area (Å²) in [5.74, 6) is 0.897. The minimum Gasteiger partial charge on any atom is -0.496 e. The Morgan fingerprint density at radius 2 is 2.21 bits per heavy atom. The van der Waals surface area contributed by atoms with Gasteiger partial charge >= 0.3 is 0 Å². The maximum Gasteiger partial charge on any atom is 0.274 e. The number of hydrogen-bond acceptors (Lipinski definition) is 4. The van der Waals surface area contributed by atoms with Crippen LogP contribution in [0.4, 0.5) is 0 Å². The molecule has 1 heterocycles. The fourth-order valence-corrected chi connectivity index (χ4v) is 3.84. The molecule has 0 saturated carbocycles. The molecule has 1 aromatic carbocycles. The molecule has 1 unspecified atom stereocenters. The maximum absolute atomic E-state index is 12.6. The quantitative estimate of drug-likeness (QED) is 0.713. The molecule has 1 aliphatic rings. The Morgan fingerprint density at radius 1 is 1.43 bits per heavy atom. The molecular weight excluding hydrogens is 352 g/mol. The van der Waals surface area contributed by atoms with E-state index < -0.39 is 0 Å². The van der Waals surface area contributed by atoms with Crippen molar-refractivity contribution in [2.24, 2.45) is 0 Å². The van der Waals surface area contributed by atoms with Crippen LogP contribution in [0.25, 0.3) is 0 Å². The molecule has 0 bridgehead atoms. The van der Waals surface area contributed by atoms with Crippen LogP contribution in [0, 0.1) is 0 Å². The van der Waals surface area contributed by atoms with Gasteiger partial charge in [-0.1, -0.05) is 24.3 Å². The molecule has 0 fully saturated rings. The standard InChI is InChI=1S/C22H30N4O2/c1-5-14-26-19-11-10-17(15-18(19)21(24-26)22(27)25(2)3)23-13-12-16-8-6-7-9-20(16)28-4/h5-9,17,23H,1,10-15H2,2-4H3. The van der Waals surface area contributed by atoms with E-state index in [0.29, 0.717) is 18.3 Å². The molecular formula is C22H30N4O2. The van der Waals surface area contributed by atoms with E-state index in [4.69, 9.17) is 4.74 Å². The second-order valence-corrected chi connectivity index (χ2v) is 7.40. The van der Waals surface area contributed by atoms with Crippen LogP contribution in [-0.4, -0.2) is 54.4 Å². The Hall–Kier alpha value is -2.60. The highest BCUT2D eigenvalue weighted by molar-refractivity contribution is 5.93. The molecule has 6 heteroatoms. The van der Waals surface area contributed by atoms with E-state index in [1.54, 1.807) is 26.1 Å². The van der Waals surface area contributed by atoms with Crippen molar-refractivity contribution in [2.45, 2.75) is 38.3 Å². The van der Waals surface area contributed by atoms with Gasteiger partial charge in [-0.2, -0.15) is 5.10 Å². The van der Waals surface area contributed by atoms with Gasteiger partial charge in [0, 0.05) is 31.4 Å². The summed E-state index contributed by atoms with van der Waals surface area (Å²) in [6, 6.07) is 8.47. The molecule has 1 aromatic heterocycles. The fourth-order valence-electron chi connectivity index (χ4n) is 3.84. The molecule has 28 heavy (non-hydrogen) atoms. The summed E-state index contributed by atoms with van der Waals surface area (Å²) in [4.78, 5) is 14.2. The molecule has 1 N–H and O–H groups in total. The third-order valence-corrected chi connectivity index (χ3v) is 5.28. The van der Waals surface area contributed by atoms with Gasteiger partial charge in [0.1, 0.15) is 5.75 Å². The Labute approximate surface area is 167 Å². The molecule has 2 aromatic rings. The Morgan fingerprint density at radius 3 is 2.93 bits per heavy atom. The number of hydrogen-bond donors (Lipinski definition) is 1. The summed E-state index contributed by atoms with van der Waals surface area (Å²) in [6.07, 6.45) is 5.52. The summed E-state index contributed by atoms with van der Waals surface area (Å²) >= 11 is 0. The molecule has 0 aliphatic heterocycles. The lowest BCUT2D eigenvalue weighted by atomic mass is 9.91. The molecule has 1 atom stereocenters. The van der Waals surface area contributed by atoms with E-state index in [0.717, 1.165) is 43.5 Å². The summed E-state index contributed by atoms with van der Waals surface area (Å²) in [5, 5.41) is 8.26. The van der Waals surface area contributed by atoms with E-state index in [1.807, 2.05) is 29.0 Å². The van der Waals surface area contributed by atoms with Crippen LogP contribution in [-0.2, 0) is 25.8 Å². The van der Waals surface area contributed by atoms with Crippen molar-refractivity contribution in [1.82, 2.24) is 20.0 Å². The van der Waals surface area contributed by atoms with Crippen LogP contribution in [0.1, 0.15) is 33.7 Å². The monoisotopic (exact) mass is 382 g/mol. The number of nitrogens with zero attached hydrogens (tertiary/aromatic N) is 3. The molecule has 150 valence electrons. The van der Waals surface area contributed by atoms with Crippen LogP contribution in [0.5, 0.6) is 5.75 Å². The average molecular weight is 383 g/mol. The van der Waals surface area contributed by atoms with Gasteiger partial charge in [-0.05, 0) is 43.9 Å². The van der Waals surface area contributed by atoms with Crippen molar-refractivity contribution in [3.8, 4) is 5.75 Å². The number of fused-ring (bicyclic) bond motifs is 1. The number of benzene rings is 1. The molecule has 0 saturated heterocycles. The predicted octanol–water partition coefficient (Wildman–Crippen LogP) is 2.47. The van der Waals surface area contributed by atoms with Crippen LogP contribution < -0.4 is 10.1 Å². The molecule has 6 nitrogen and oxygen atoms in total. The molecule has 0 radical (unpaired) electrons. The first kappa shape index (κ1) is 20.1. The van der Waals surface area contributed by atoms with E-state index in [2.05, 4.69) is 23.1 Å². The fraction of sp³-hybridized carbons (Fsp3) is 0.455. The van der Waals surface area contributed by atoms with E-state index >= 15 is 0 Å². The van der Waals surface area contributed by atoms with Crippen LogP contribution >= 0.6 is 0 Å². The summed E-state index contributed by atoms with van der Waals surface area (Å²) in [6.45, 7) is 5.32. The summed E-state index contributed by atoms with van der Waals surface area (Å²) in [5.41, 5.74) is 4.05. The minimum atomic E-state index is -0.0336. The Bertz CT molecular complexity index is 841. The van der Waals surface area contributed by atoms with E-state index in [1.165, 1.54) is 11.3 Å². The van der Waals surface area contributed by atoms with Gasteiger partial charge in [0.2, 0.25) is 0 Å². The minimum absolute atomic E-state index is 0.0336. The van der Waals surface area contributed by atoms with E-state index in [9.17, 15) is 4.79 Å². The first-order valence-corrected chi connectivity index (χ1v) is 9.81. The van der Waals surface area contributed by atoms with Crippen LogP contribution in [0.2, 0.25) is 0 Å². The zero-order valence-corrected chi connectivity index (χ0v) is 17.1. The highest BCUT2D eigenvalue weighted by Gasteiger charge is 2.29. The predicted molar refractivity (Wildman–Crippen MR) is 111 cm³/mol. The molecule has 0 spiro atoms. The van der Waals surface area contributed by atoms with E-state index in [-0.39, 0.29) is 5.91 Å². The third-order valence-electron chi connectivity index (χ3n) is 5.28. The molecule has 1 amide bonds. The normalized spacial score (nSPS) is 15.8. The zero-order valence-electron chi connectivity index (χ0n) is 17.1. The number of methoxy groups -OCH3 is 1. The first-order valence-electron chi connectivity index (χ1n) is 9.81. The number of nitrogens with one attached hydrogen (secondary N) is 1. The number of carbonyl (C=O) groups excluding carboxylic acids is 1. The topological polar surface area (TPSA) is 59.4 Å². The third kappa shape index (κ3) is 4.28. The van der Waals surface area contributed by atoms with Gasteiger partial charge in [0.15, 0.2) is 5.69 Å². The van der Waals surface area contributed by atoms with Crippen LogP contribution in [0.15, 0.2) is 36.9 Å². The van der Waals surface area contributed by atoms with Gasteiger partial charge in [-0.25, -0.2) is 0 Å². The highest BCUT2D eigenvalue weighted by atomic mass is 16.5. The van der Waals surface area contributed by atoms with Crippen molar-refractivity contribution in [3.05, 3.63) is 59.4 Å². The van der Waals surface area contributed by atoms with Gasteiger partial charge in [0.05, 0.1) is 13.7 Å². The SMILES string of the molecule is C=CCn1nc(C(=O)N(C)C)c2c1CCC(NCCc1ccccc1OC)C2. The Balaban J connectivity index is 1.69. The van der Waals surface area contributed by atoms with Crippen molar-refractivity contribution >= 4 is 5.91 Å². The second kappa shape index (κ2) is 9.06. The summed E-state index contributed by atoms with van der Waals surface area (Å²) < 4.78 is 7.37. The first-order chi connectivity index (χ1) is 13.5. The lowest BCUT2D eigenvalue weighted by Crippen LogP contribution is -2.36. The lowest BCUT2D eigenvalue weighted by Gasteiger charge is -2.25. The number of amides is 1.